The molecule has 0 aliphatic carbocycles. The van der Waals surface area contributed by atoms with Crippen LogP contribution in [0.2, 0.25) is 0 Å². The summed E-state index contributed by atoms with van der Waals surface area (Å²) in [6.45, 7) is 4.27. The van der Waals surface area contributed by atoms with Crippen LogP contribution in [0.15, 0.2) is 18.2 Å². The fourth-order valence-electron chi connectivity index (χ4n) is 2.47. The molecule has 3 nitrogen and oxygen atoms in total. The lowest BCUT2D eigenvalue weighted by Crippen LogP contribution is -2.47. The highest BCUT2D eigenvalue weighted by atomic mass is 19.4. The molecule has 0 amide bonds. The van der Waals surface area contributed by atoms with Crippen molar-refractivity contribution in [3.8, 4) is 0 Å². The van der Waals surface area contributed by atoms with E-state index in [0.717, 1.165) is 32.1 Å². The Morgan fingerprint density at radius 3 is 2.29 bits per heavy atom. The third-order valence-electron chi connectivity index (χ3n) is 3.67. The second-order valence-electron chi connectivity index (χ2n) is 5.13. The van der Waals surface area contributed by atoms with Gasteiger partial charge in [-0.05, 0) is 37.7 Å². The Kier molecular flexibility index (Phi) is 5.05. The standard InChI is InChI=1S/C14H19F4N3/c15-12-10-11(14(16,17)18)2-3-13(12)21-8-6-20(7-9-21)5-1-4-19/h2-3,10H,1,4-9,19H2. The second kappa shape index (κ2) is 6.62. The molecule has 1 aromatic rings. The predicted molar refractivity (Wildman–Crippen MR) is 73.7 cm³/mol. The first-order chi connectivity index (χ1) is 9.91. The van der Waals surface area contributed by atoms with Gasteiger partial charge in [-0.2, -0.15) is 13.2 Å². The fourth-order valence-corrected chi connectivity index (χ4v) is 2.47. The second-order valence-corrected chi connectivity index (χ2v) is 5.13. The molecule has 0 radical (unpaired) electrons. The molecule has 2 N–H and O–H groups in total. The topological polar surface area (TPSA) is 32.5 Å². The molecule has 2 rings (SSSR count). The molecule has 1 heterocycles. The molecule has 1 aromatic carbocycles. The minimum absolute atomic E-state index is 0.237. The third kappa shape index (κ3) is 4.07. The number of nitrogens with zero attached hydrogens (tertiary/aromatic N) is 2. The minimum Gasteiger partial charge on any atom is -0.367 e. The number of rotatable bonds is 4. The summed E-state index contributed by atoms with van der Waals surface area (Å²) in [5, 5.41) is 0. The van der Waals surface area contributed by atoms with E-state index in [-0.39, 0.29) is 5.69 Å². The molecular weight excluding hydrogens is 286 g/mol. The van der Waals surface area contributed by atoms with Gasteiger partial charge in [0.2, 0.25) is 0 Å². The van der Waals surface area contributed by atoms with E-state index >= 15 is 0 Å². The van der Waals surface area contributed by atoms with E-state index in [9.17, 15) is 17.6 Å². The summed E-state index contributed by atoms with van der Waals surface area (Å²) in [7, 11) is 0. The van der Waals surface area contributed by atoms with E-state index in [1.807, 2.05) is 0 Å². The molecule has 21 heavy (non-hydrogen) atoms. The summed E-state index contributed by atoms with van der Waals surface area (Å²) in [5.41, 5.74) is 4.74. The number of benzene rings is 1. The average Bonchev–Trinajstić information content (AvgIpc) is 2.45. The molecule has 1 aliphatic heterocycles. The summed E-state index contributed by atoms with van der Waals surface area (Å²) in [5.74, 6) is -0.819. The zero-order valence-corrected chi connectivity index (χ0v) is 11.7. The number of alkyl halides is 3. The molecule has 7 heteroatoms. The van der Waals surface area contributed by atoms with Gasteiger partial charge < -0.3 is 10.6 Å². The molecule has 1 saturated heterocycles. The maximum atomic E-state index is 13.9. The number of hydrogen-bond donors (Lipinski definition) is 1. The molecule has 0 saturated carbocycles. The first kappa shape index (κ1) is 16.0. The summed E-state index contributed by atoms with van der Waals surface area (Å²) in [6.07, 6.45) is -3.60. The van der Waals surface area contributed by atoms with Crippen LogP contribution in [0.1, 0.15) is 12.0 Å². The van der Waals surface area contributed by atoms with E-state index in [4.69, 9.17) is 5.73 Å². The van der Waals surface area contributed by atoms with E-state index < -0.39 is 17.6 Å². The molecule has 1 fully saturated rings. The van der Waals surface area contributed by atoms with Crippen molar-refractivity contribution in [3.63, 3.8) is 0 Å². The molecule has 1 aliphatic rings. The van der Waals surface area contributed by atoms with Crippen LogP contribution in [0.25, 0.3) is 0 Å². The van der Waals surface area contributed by atoms with E-state index in [1.54, 1.807) is 4.90 Å². The first-order valence-corrected chi connectivity index (χ1v) is 6.96. The van der Waals surface area contributed by atoms with Crippen molar-refractivity contribution >= 4 is 5.69 Å². The van der Waals surface area contributed by atoms with Crippen LogP contribution >= 0.6 is 0 Å². The van der Waals surface area contributed by atoms with Crippen LogP contribution < -0.4 is 10.6 Å². The lowest BCUT2D eigenvalue weighted by atomic mass is 10.1. The molecule has 0 spiro atoms. The Labute approximate surface area is 121 Å². The maximum absolute atomic E-state index is 13.9. The van der Waals surface area contributed by atoms with Gasteiger partial charge in [-0.25, -0.2) is 4.39 Å². The number of anilines is 1. The van der Waals surface area contributed by atoms with Crippen molar-refractivity contribution in [2.45, 2.75) is 12.6 Å². The van der Waals surface area contributed by atoms with Gasteiger partial charge in [-0.15, -0.1) is 0 Å². The van der Waals surface area contributed by atoms with Crippen molar-refractivity contribution < 1.29 is 17.6 Å². The Morgan fingerprint density at radius 1 is 1.10 bits per heavy atom. The molecular formula is C14H19F4N3. The highest BCUT2D eigenvalue weighted by Crippen LogP contribution is 2.32. The average molecular weight is 305 g/mol. The monoisotopic (exact) mass is 305 g/mol. The van der Waals surface area contributed by atoms with Gasteiger partial charge in [0.15, 0.2) is 0 Å². The SMILES string of the molecule is NCCCN1CCN(c2ccc(C(F)(F)F)cc2F)CC1. The van der Waals surface area contributed by atoms with Crippen LogP contribution in [-0.2, 0) is 6.18 Å². The van der Waals surface area contributed by atoms with Gasteiger partial charge in [0.1, 0.15) is 5.82 Å². The third-order valence-corrected chi connectivity index (χ3v) is 3.67. The summed E-state index contributed by atoms with van der Waals surface area (Å²) in [4.78, 5) is 4.01. The molecule has 0 bridgehead atoms. The minimum atomic E-state index is -4.51. The van der Waals surface area contributed by atoms with Gasteiger partial charge in [0.25, 0.3) is 0 Å². The van der Waals surface area contributed by atoms with Gasteiger partial charge in [-0.3, -0.25) is 4.90 Å². The number of halogens is 4. The van der Waals surface area contributed by atoms with Crippen molar-refractivity contribution in [1.29, 1.82) is 0 Å². The summed E-state index contributed by atoms with van der Waals surface area (Å²) in [6, 6.07) is 2.71. The van der Waals surface area contributed by atoms with Crippen LogP contribution in [0.5, 0.6) is 0 Å². The van der Waals surface area contributed by atoms with Crippen LogP contribution in [0, 0.1) is 5.82 Å². The lowest BCUT2D eigenvalue weighted by molar-refractivity contribution is -0.137. The maximum Gasteiger partial charge on any atom is 0.416 e. The van der Waals surface area contributed by atoms with Crippen LogP contribution in [-0.4, -0.2) is 44.2 Å². The molecule has 118 valence electrons. The zero-order valence-electron chi connectivity index (χ0n) is 11.7. The molecule has 0 aromatic heterocycles. The smallest absolute Gasteiger partial charge is 0.367 e. The summed E-state index contributed by atoms with van der Waals surface area (Å²) >= 11 is 0. The van der Waals surface area contributed by atoms with Crippen molar-refractivity contribution in [2.24, 2.45) is 5.73 Å². The van der Waals surface area contributed by atoms with E-state index in [2.05, 4.69) is 4.90 Å². The fraction of sp³-hybridized carbons (Fsp3) is 0.571. The van der Waals surface area contributed by atoms with Gasteiger partial charge in [0.05, 0.1) is 11.3 Å². The quantitative estimate of drug-likeness (QED) is 0.867. The van der Waals surface area contributed by atoms with E-state index in [0.29, 0.717) is 25.7 Å². The molecule has 0 unspecified atom stereocenters. The Balaban J connectivity index is 2.00. The lowest BCUT2D eigenvalue weighted by Gasteiger charge is -2.36. The number of piperazine rings is 1. The molecule has 0 atom stereocenters. The van der Waals surface area contributed by atoms with Gasteiger partial charge >= 0.3 is 6.18 Å². The zero-order chi connectivity index (χ0) is 15.5. The predicted octanol–water partition coefficient (Wildman–Crippen LogP) is 2.32. The summed E-state index contributed by atoms with van der Waals surface area (Å²) < 4.78 is 51.4. The Hall–Kier alpha value is -1.34. The highest BCUT2D eigenvalue weighted by molar-refractivity contribution is 5.50. The van der Waals surface area contributed by atoms with Gasteiger partial charge in [-0.1, -0.05) is 0 Å². The van der Waals surface area contributed by atoms with Crippen molar-refractivity contribution in [2.75, 3.05) is 44.2 Å². The van der Waals surface area contributed by atoms with Gasteiger partial charge in [0, 0.05) is 26.2 Å². The van der Waals surface area contributed by atoms with E-state index in [1.165, 1.54) is 6.07 Å². The first-order valence-electron chi connectivity index (χ1n) is 6.96. The highest BCUT2D eigenvalue weighted by Gasteiger charge is 2.31. The number of hydrogen-bond acceptors (Lipinski definition) is 3. The Bertz CT molecular complexity index is 468. The van der Waals surface area contributed by atoms with Crippen molar-refractivity contribution in [3.05, 3.63) is 29.6 Å². The largest absolute Gasteiger partial charge is 0.416 e. The number of nitrogens with two attached hydrogens (primary N) is 1. The Morgan fingerprint density at radius 2 is 1.76 bits per heavy atom. The van der Waals surface area contributed by atoms with Crippen LogP contribution in [0.3, 0.4) is 0 Å². The normalized spacial score (nSPS) is 17.3. The van der Waals surface area contributed by atoms with Crippen LogP contribution in [0.4, 0.5) is 23.2 Å². The van der Waals surface area contributed by atoms with Crippen molar-refractivity contribution in [1.82, 2.24) is 4.90 Å².